The molecule has 1 heterocycles. The number of hydrogen-bond donors (Lipinski definition) is 1. The van der Waals surface area contributed by atoms with Crippen molar-refractivity contribution in [3.63, 3.8) is 0 Å². The minimum atomic E-state index is 1.09. The topological polar surface area (TPSA) is 0 Å². The van der Waals surface area contributed by atoms with Crippen molar-refractivity contribution >= 4 is 46.6 Å². The molecule has 1 rings (SSSR count). The van der Waals surface area contributed by atoms with Crippen LogP contribution < -0.4 is 0 Å². The van der Waals surface area contributed by atoms with E-state index in [-0.39, 0.29) is 0 Å². The highest BCUT2D eigenvalue weighted by atomic mass is 127. The maximum atomic E-state index is 4.15. The van der Waals surface area contributed by atoms with Crippen molar-refractivity contribution in [2.24, 2.45) is 0 Å². The van der Waals surface area contributed by atoms with Crippen LogP contribution in [0.5, 0.6) is 0 Å². The van der Waals surface area contributed by atoms with E-state index in [0.717, 1.165) is 4.90 Å². The first-order valence-corrected chi connectivity index (χ1v) is 4.18. The molecule has 3 heteroatoms. The Hall–Kier alpha value is 0.780. The van der Waals surface area contributed by atoms with Crippen LogP contribution in [-0.2, 0) is 0 Å². The maximum Gasteiger partial charge on any atom is 0.0370 e. The molecule has 0 atom stereocenters. The molecular weight excluding hydrogens is 239 g/mol. The molecule has 0 unspecified atom stereocenters. The molecule has 1 aromatic rings. The summed E-state index contributed by atoms with van der Waals surface area (Å²) in [5.41, 5.74) is 0. The molecule has 0 spiro atoms. The summed E-state index contributed by atoms with van der Waals surface area (Å²) in [6, 6.07) is 0. The smallest absolute Gasteiger partial charge is 0.0370 e. The predicted octanol–water partition coefficient (Wildman–Crippen LogP) is 2.64. The monoisotopic (exact) mass is 242 g/mol. The minimum absolute atomic E-state index is 1.09. The lowest BCUT2D eigenvalue weighted by Gasteiger charge is -1.76. The van der Waals surface area contributed by atoms with Gasteiger partial charge >= 0.3 is 0 Å². The Morgan fingerprint density at radius 1 is 1.57 bits per heavy atom. The van der Waals surface area contributed by atoms with Gasteiger partial charge < -0.3 is 0 Å². The SMILES string of the molecule is Sc1cscc1I. The van der Waals surface area contributed by atoms with Crippen LogP contribution in [0, 0.1) is 3.57 Å². The van der Waals surface area contributed by atoms with Gasteiger partial charge in [0.1, 0.15) is 0 Å². The fraction of sp³-hybridized carbons (Fsp3) is 0. The van der Waals surface area contributed by atoms with Crippen LogP contribution in [-0.4, -0.2) is 0 Å². The number of thiol groups is 1. The minimum Gasteiger partial charge on any atom is -0.150 e. The van der Waals surface area contributed by atoms with Gasteiger partial charge in [0.2, 0.25) is 0 Å². The van der Waals surface area contributed by atoms with Gasteiger partial charge in [-0.15, -0.1) is 12.6 Å². The Labute approximate surface area is 65.5 Å². The van der Waals surface area contributed by atoms with Crippen molar-refractivity contribution in [3.05, 3.63) is 14.3 Å². The van der Waals surface area contributed by atoms with Crippen molar-refractivity contribution in [2.45, 2.75) is 4.90 Å². The average molecular weight is 242 g/mol. The average Bonchev–Trinajstić information content (AvgIpc) is 1.91. The molecule has 1 aromatic heterocycles. The van der Waals surface area contributed by atoms with Gasteiger partial charge in [-0.25, -0.2) is 0 Å². The van der Waals surface area contributed by atoms with Crippen molar-refractivity contribution in [1.82, 2.24) is 0 Å². The van der Waals surface area contributed by atoms with E-state index in [9.17, 15) is 0 Å². The Morgan fingerprint density at radius 3 is 2.43 bits per heavy atom. The van der Waals surface area contributed by atoms with Crippen LogP contribution in [0.15, 0.2) is 15.7 Å². The van der Waals surface area contributed by atoms with Crippen molar-refractivity contribution in [1.29, 1.82) is 0 Å². The van der Waals surface area contributed by atoms with Crippen molar-refractivity contribution < 1.29 is 0 Å². The number of thiophene rings is 1. The Morgan fingerprint density at radius 2 is 2.29 bits per heavy atom. The normalized spacial score (nSPS) is 9.43. The van der Waals surface area contributed by atoms with E-state index in [1.54, 1.807) is 11.3 Å². The highest BCUT2D eigenvalue weighted by molar-refractivity contribution is 14.1. The molecule has 38 valence electrons. The van der Waals surface area contributed by atoms with E-state index in [2.05, 4.69) is 40.6 Å². The zero-order valence-corrected chi connectivity index (χ0v) is 7.26. The largest absolute Gasteiger partial charge is 0.150 e. The van der Waals surface area contributed by atoms with Gasteiger partial charge in [-0.05, 0) is 22.6 Å². The first kappa shape index (κ1) is 5.91. The molecule has 0 bridgehead atoms. The first-order chi connectivity index (χ1) is 3.30. The van der Waals surface area contributed by atoms with Crippen LogP contribution in [0.3, 0.4) is 0 Å². The lowest BCUT2D eigenvalue weighted by Crippen LogP contribution is -1.55. The molecule has 0 amide bonds. The fourth-order valence-electron chi connectivity index (χ4n) is 0.275. The molecule has 0 fully saturated rings. The molecule has 0 saturated carbocycles. The highest BCUT2D eigenvalue weighted by Gasteiger charge is 1.90. The Kier molecular flexibility index (Phi) is 2.00. The lowest BCUT2D eigenvalue weighted by molar-refractivity contribution is 1.54. The van der Waals surface area contributed by atoms with Crippen LogP contribution >= 0.6 is 46.6 Å². The Bertz CT molecular complexity index is 142. The van der Waals surface area contributed by atoms with E-state index in [0.29, 0.717) is 0 Å². The maximum absolute atomic E-state index is 4.15. The van der Waals surface area contributed by atoms with Crippen molar-refractivity contribution in [2.75, 3.05) is 0 Å². The summed E-state index contributed by atoms with van der Waals surface area (Å²) in [4.78, 5) is 1.09. The van der Waals surface area contributed by atoms with E-state index in [4.69, 9.17) is 0 Å². The molecule has 0 aromatic carbocycles. The van der Waals surface area contributed by atoms with Gasteiger partial charge in [-0.3, -0.25) is 0 Å². The van der Waals surface area contributed by atoms with Crippen LogP contribution in [0.4, 0.5) is 0 Å². The summed E-state index contributed by atoms with van der Waals surface area (Å²) < 4.78 is 1.24. The lowest BCUT2D eigenvalue weighted by atomic mass is 10.7. The number of hydrogen-bond acceptors (Lipinski definition) is 2. The number of rotatable bonds is 0. The fourth-order valence-corrected chi connectivity index (χ4v) is 1.99. The van der Waals surface area contributed by atoms with Gasteiger partial charge in [0.25, 0.3) is 0 Å². The summed E-state index contributed by atoms with van der Waals surface area (Å²) in [6.45, 7) is 0. The standard InChI is InChI=1S/C4H3IS2/c5-3-1-7-2-4(3)6/h1-2,6H. The van der Waals surface area contributed by atoms with Gasteiger partial charge in [0, 0.05) is 19.2 Å². The quantitative estimate of drug-likeness (QED) is 0.524. The summed E-state index contributed by atoms with van der Waals surface area (Å²) in [6.07, 6.45) is 0. The summed E-state index contributed by atoms with van der Waals surface area (Å²) in [7, 11) is 0. The molecule has 0 radical (unpaired) electrons. The second-order valence-corrected chi connectivity index (χ2v) is 3.49. The van der Waals surface area contributed by atoms with E-state index in [1.807, 2.05) is 5.38 Å². The third-order valence-electron chi connectivity index (χ3n) is 0.596. The predicted molar refractivity (Wildman–Crippen MR) is 44.3 cm³/mol. The molecule has 0 aliphatic heterocycles. The van der Waals surface area contributed by atoms with Gasteiger partial charge in [-0.2, -0.15) is 11.3 Å². The molecule has 0 aliphatic rings. The molecule has 0 saturated heterocycles. The molecule has 0 nitrogen and oxygen atoms in total. The zero-order chi connectivity index (χ0) is 5.28. The third kappa shape index (κ3) is 1.33. The van der Waals surface area contributed by atoms with E-state index in [1.165, 1.54) is 3.57 Å². The first-order valence-electron chi connectivity index (χ1n) is 1.71. The summed E-state index contributed by atoms with van der Waals surface area (Å²) >= 11 is 8.09. The van der Waals surface area contributed by atoms with Crippen molar-refractivity contribution in [3.8, 4) is 0 Å². The molecule has 7 heavy (non-hydrogen) atoms. The van der Waals surface area contributed by atoms with E-state index >= 15 is 0 Å². The van der Waals surface area contributed by atoms with Gasteiger partial charge in [-0.1, -0.05) is 0 Å². The zero-order valence-electron chi connectivity index (χ0n) is 3.39. The Balaban J connectivity index is 3.12. The molecular formula is C4H3IS2. The molecule has 0 N–H and O–H groups in total. The summed E-state index contributed by atoms with van der Waals surface area (Å²) in [5.74, 6) is 0. The number of halogens is 1. The molecule has 0 aliphatic carbocycles. The van der Waals surface area contributed by atoms with Gasteiger partial charge in [0.05, 0.1) is 0 Å². The second-order valence-electron chi connectivity index (χ2n) is 1.10. The summed E-state index contributed by atoms with van der Waals surface area (Å²) in [5, 5.41) is 4.09. The third-order valence-corrected chi connectivity index (χ3v) is 3.63. The van der Waals surface area contributed by atoms with Crippen LogP contribution in [0.1, 0.15) is 0 Å². The van der Waals surface area contributed by atoms with Gasteiger partial charge in [0.15, 0.2) is 0 Å². The second kappa shape index (κ2) is 2.37. The van der Waals surface area contributed by atoms with Crippen LogP contribution in [0.2, 0.25) is 0 Å². The van der Waals surface area contributed by atoms with E-state index < -0.39 is 0 Å². The highest BCUT2D eigenvalue weighted by Crippen LogP contribution is 2.19. The van der Waals surface area contributed by atoms with Crippen LogP contribution in [0.25, 0.3) is 0 Å².